The first-order valence-electron chi connectivity index (χ1n) is 6.58. The molecule has 0 aliphatic heterocycles. The molecule has 1 aromatic carbocycles. The van der Waals surface area contributed by atoms with Crippen LogP contribution < -0.4 is 5.73 Å². The molecule has 0 aromatic heterocycles. The molecule has 0 saturated heterocycles. The number of rotatable bonds is 5. The average molecular weight is 264 g/mol. The van der Waals surface area contributed by atoms with Crippen LogP contribution in [-0.4, -0.2) is 29.6 Å². The molecule has 0 atom stereocenters. The van der Waals surface area contributed by atoms with Gasteiger partial charge in [0, 0.05) is 18.8 Å². The Labute approximate surface area is 115 Å². The van der Waals surface area contributed by atoms with Gasteiger partial charge in [0.05, 0.1) is 5.60 Å². The Morgan fingerprint density at radius 2 is 1.95 bits per heavy atom. The number of carbonyl (C=O) groups is 1. The highest BCUT2D eigenvalue weighted by Crippen LogP contribution is 2.14. The van der Waals surface area contributed by atoms with E-state index in [4.69, 9.17) is 10.5 Å². The van der Waals surface area contributed by atoms with E-state index >= 15 is 0 Å². The van der Waals surface area contributed by atoms with Crippen molar-refractivity contribution >= 4 is 11.6 Å². The van der Waals surface area contributed by atoms with Gasteiger partial charge in [0.25, 0.3) is 0 Å². The zero-order chi connectivity index (χ0) is 14.5. The fourth-order valence-electron chi connectivity index (χ4n) is 1.63. The van der Waals surface area contributed by atoms with Crippen LogP contribution in [0.25, 0.3) is 0 Å². The van der Waals surface area contributed by atoms with Crippen LogP contribution in [0.3, 0.4) is 0 Å². The first-order valence-corrected chi connectivity index (χ1v) is 6.58. The number of carbonyl (C=O) groups excluding carboxylic acids is 1. The molecule has 0 fully saturated rings. The summed E-state index contributed by atoms with van der Waals surface area (Å²) >= 11 is 0. The molecule has 106 valence electrons. The molecule has 0 unspecified atom stereocenters. The van der Waals surface area contributed by atoms with Crippen LogP contribution in [0.1, 0.15) is 33.3 Å². The van der Waals surface area contributed by atoms with Gasteiger partial charge in [-0.05, 0) is 39.3 Å². The molecule has 4 heteroatoms. The second-order valence-corrected chi connectivity index (χ2v) is 5.51. The third-order valence-corrected chi connectivity index (χ3v) is 2.78. The van der Waals surface area contributed by atoms with Gasteiger partial charge in [-0.25, -0.2) is 0 Å². The summed E-state index contributed by atoms with van der Waals surface area (Å²) in [5.41, 5.74) is 7.27. The summed E-state index contributed by atoms with van der Waals surface area (Å²) in [5.74, 6) is -0.0133. The molecular formula is C15H24N2O2. The molecule has 1 aromatic rings. The number of nitrogens with two attached hydrogens (primary N) is 1. The molecule has 2 N–H and O–H groups in total. The third kappa shape index (κ3) is 5.30. The molecule has 0 bridgehead atoms. The van der Waals surface area contributed by atoms with E-state index in [2.05, 4.69) is 0 Å². The second-order valence-electron chi connectivity index (χ2n) is 5.51. The van der Waals surface area contributed by atoms with Gasteiger partial charge in [-0.2, -0.15) is 0 Å². The van der Waals surface area contributed by atoms with Crippen LogP contribution in [0.2, 0.25) is 0 Å². The van der Waals surface area contributed by atoms with Crippen LogP contribution >= 0.6 is 0 Å². The summed E-state index contributed by atoms with van der Waals surface area (Å²) in [7, 11) is 0. The summed E-state index contributed by atoms with van der Waals surface area (Å²) in [4.78, 5) is 13.8. The molecule has 0 spiro atoms. The fraction of sp³-hybridized carbons (Fsp3) is 0.533. The number of nitrogen functional groups attached to an aromatic ring is 1. The van der Waals surface area contributed by atoms with E-state index in [1.165, 1.54) is 0 Å². The summed E-state index contributed by atoms with van der Waals surface area (Å²) in [6.45, 7) is 9.03. The van der Waals surface area contributed by atoms with Crippen molar-refractivity contribution in [3.8, 4) is 0 Å². The maximum absolute atomic E-state index is 12.1. The molecule has 1 rings (SSSR count). The van der Waals surface area contributed by atoms with Crippen molar-refractivity contribution < 1.29 is 9.53 Å². The monoisotopic (exact) mass is 264 g/mol. The van der Waals surface area contributed by atoms with Crippen LogP contribution in [0.15, 0.2) is 24.3 Å². The van der Waals surface area contributed by atoms with Crippen LogP contribution in [-0.2, 0) is 16.1 Å². The molecular weight excluding hydrogens is 240 g/mol. The second kappa shape index (κ2) is 6.57. The van der Waals surface area contributed by atoms with Gasteiger partial charge < -0.3 is 15.4 Å². The van der Waals surface area contributed by atoms with Crippen molar-refractivity contribution in [3.63, 3.8) is 0 Å². The van der Waals surface area contributed by atoms with Crippen molar-refractivity contribution in [2.24, 2.45) is 0 Å². The minimum absolute atomic E-state index is 0.0133. The highest BCUT2D eigenvalue weighted by atomic mass is 16.5. The summed E-state index contributed by atoms with van der Waals surface area (Å²) < 4.78 is 5.52. The van der Waals surface area contributed by atoms with E-state index in [-0.39, 0.29) is 18.1 Å². The maximum atomic E-state index is 12.1. The van der Waals surface area contributed by atoms with Crippen LogP contribution in [0, 0.1) is 0 Å². The number of amides is 1. The first-order chi connectivity index (χ1) is 8.83. The average Bonchev–Trinajstić information content (AvgIpc) is 2.34. The Hall–Kier alpha value is -1.55. The molecule has 0 aliphatic carbocycles. The Bertz CT molecular complexity index is 424. The van der Waals surface area contributed by atoms with Crippen molar-refractivity contribution in [2.75, 3.05) is 18.9 Å². The van der Waals surface area contributed by atoms with Crippen molar-refractivity contribution in [1.82, 2.24) is 4.90 Å². The van der Waals surface area contributed by atoms with E-state index in [0.717, 1.165) is 5.56 Å². The third-order valence-electron chi connectivity index (χ3n) is 2.78. The predicted molar refractivity (Wildman–Crippen MR) is 77.7 cm³/mol. The molecule has 0 saturated carbocycles. The van der Waals surface area contributed by atoms with Crippen LogP contribution in [0.4, 0.5) is 5.69 Å². The molecule has 0 radical (unpaired) electrons. The summed E-state index contributed by atoms with van der Waals surface area (Å²) in [6, 6.07) is 7.60. The smallest absolute Gasteiger partial charge is 0.248 e. The van der Waals surface area contributed by atoms with Gasteiger partial charge in [0.15, 0.2) is 0 Å². The number of likely N-dealkylation sites (N-methyl/N-ethyl adjacent to an activating group) is 1. The van der Waals surface area contributed by atoms with Crippen LogP contribution in [0.5, 0.6) is 0 Å². The van der Waals surface area contributed by atoms with Gasteiger partial charge in [-0.3, -0.25) is 4.79 Å². The quantitative estimate of drug-likeness (QED) is 0.831. The lowest BCUT2D eigenvalue weighted by Crippen LogP contribution is -2.36. The summed E-state index contributed by atoms with van der Waals surface area (Å²) in [6.07, 6.45) is 0. The molecule has 4 nitrogen and oxygen atoms in total. The lowest BCUT2D eigenvalue weighted by Gasteiger charge is -2.25. The van der Waals surface area contributed by atoms with E-state index < -0.39 is 0 Å². The minimum Gasteiger partial charge on any atom is -0.398 e. The maximum Gasteiger partial charge on any atom is 0.248 e. The predicted octanol–water partition coefficient (Wildman–Crippen LogP) is 2.43. The zero-order valence-corrected chi connectivity index (χ0v) is 12.3. The van der Waals surface area contributed by atoms with E-state index in [9.17, 15) is 4.79 Å². The zero-order valence-electron chi connectivity index (χ0n) is 12.3. The topological polar surface area (TPSA) is 55.6 Å². The summed E-state index contributed by atoms with van der Waals surface area (Å²) in [5, 5.41) is 0. The van der Waals surface area contributed by atoms with Crippen molar-refractivity contribution in [1.29, 1.82) is 0 Å². The van der Waals surface area contributed by atoms with Gasteiger partial charge in [-0.1, -0.05) is 18.2 Å². The Kier molecular flexibility index (Phi) is 5.36. The Balaban J connectivity index is 2.63. The van der Waals surface area contributed by atoms with Gasteiger partial charge in [0.1, 0.15) is 6.61 Å². The van der Waals surface area contributed by atoms with E-state index in [1.54, 1.807) is 4.90 Å². The Morgan fingerprint density at radius 1 is 1.32 bits per heavy atom. The lowest BCUT2D eigenvalue weighted by atomic mass is 10.1. The highest BCUT2D eigenvalue weighted by Gasteiger charge is 2.17. The number of ether oxygens (including phenoxy) is 1. The van der Waals surface area contributed by atoms with Crippen molar-refractivity contribution in [2.45, 2.75) is 39.8 Å². The Morgan fingerprint density at radius 3 is 2.47 bits per heavy atom. The number of para-hydroxylation sites is 1. The fourth-order valence-corrected chi connectivity index (χ4v) is 1.63. The first kappa shape index (κ1) is 15.5. The van der Waals surface area contributed by atoms with E-state index in [1.807, 2.05) is 52.0 Å². The van der Waals surface area contributed by atoms with Gasteiger partial charge >= 0.3 is 0 Å². The molecule has 1 amide bonds. The normalized spacial score (nSPS) is 11.4. The van der Waals surface area contributed by atoms with Gasteiger partial charge in [-0.15, -0.1) is 0 Å². The standard InChI is InChI=1S/C15H24N2O2/c1-5-17(14(18)11-19-15(2,3)4)10-12-8-6-7-9-13(12)16/h6-9H,5,10-11,16H2,1-4H3. The van der Waals surface area contributed by atoms with Gasteiger partial charge in [0.2, 0.25) is 5.91 Å². The highest BCUT2D eigenvalue weighted by molar-refractivity contribution is 5.77. The van der Waals surface area contributed by atoms with Crippen molar-refractivity contribution in [3.05, 3.63) is 29.8 Å². The molecule has 0 heterocycles. The molecule has 19 heavy (non-hydrogen) atoms. The minimum atomic E-state index is -0.305. The number of benzene rings is 1. The number of hydrogen-bond donors (Lipinski definition) is 1. The number of hydrogen-bond acceptors (Lipinski definition) is 3. The lowest BCUT2D eigenvalue weighted by molar-refractivity contribution is -0.141. The SMILES string of the molecule is CCN(Cc1ccccc1N)C(=O)COC(C)(C)C. The largest absolute Gasteiger partial charge is 0.398 e. The van der Waals surface area contributed by atoms with E-state index in [0.29, 0.717) is 18.8 Å². The number of anilines is 1. The molecule has 0 aliphatic rings. The number of nitrogens with zero attached hydrogens (tertiary/aromatic N) is 1.